The molecule has 0 aliphatic carbocycles. The molecule has 5 heteroatoms. The fourth-order valence-electron chi connectivity index (χ4n) is 3.45. The Morgan fingerprint density at radius 3 is 2.32 bits per heavy atom. The zero-order valence-electron chi connectivity index (χ0n) is 17.9. The van der Waals surface area contributed by atoms with Gasteiger partial charge in [-0.3, -0.25) is 0 Å². The van der Waals surface area contributed by atoms with Crippen LogP contribution in [0.25, 0.3) is 0 Å². The van der Waals surface area contributed by atoms with Gasteiger partial charge in [-0.15, -0.1) is 0 Å². The van der Waals surface area contributed by atoms with Crippen LogP contribution in [0.15, 0.2) is 30.3 Å². The number of aromatic nitrogens is 3. The summed E-state index contributed by atoms with van der Waals surface area (Å²) >= 11 is 0. The molecular weight excluding hydrogens is 346 g/mol. The highest BCUT2D eigenvalue weighted by Crippen LogP contribution is 2.30. The van der Waals surface area contributed by atoms with Crippen LogP contribution in [0.4, 0.5) is 11.9 Å². The van der Waals surface area contributed by atoms with Gasteiger partial charge in [0.25, 0.3) is 0 Å². The maximum atomic E-state index is 5.87. The normalized spacial score (nSPS) is 11.5. The van der Waals surface area contributed by atoms with E-state index in [1.807, 2.05) is 18.2 Å². The third kappa shape index (κ3) is 8.68. The first-order valence-corrected chi connectivity index (χ1v) is 10.8. The number of unbranched alkanes of at least 4 members (excludes halogenated alkanes) is 4. The van der Waals surface area contributed by atoms with Crippen LogP contribution in [0.5, 0.6) is 0 Å². The number of anilines is 2. The van der Waals surface area contributed by atoms with Crippen LogP contribution >= 0.6 is 0 Å². The molecule has 0 amide bonds. The quantitative estimate of drug-likeness (QED) is 0.429. The van der Waals surface area contributed by atoms with Crippen molar-refractivity contribution in [3.63, 3.8) is 0 Å². The zero-order valence-corrected chi connectivity index (χ0v) is 17.9. The van der Waals surface area contributed by atoms with Crippen LogP contribution in [0.2, 0.25) is 0 Å². The molecule has 2 aromatic rings. The van der Waals surface area contributed by atoms with E-state index in [1.165, 1.54) is 50.5 Å². The Balaban J connectivity index is 1.72. The minimum Gasteiger partial charge on any atom is -0.368 e. The first-order chi connectivity index (χ1) is 13.5. The van der Waals surface area contributed by atoms with Crippen LogP contribution in [0.1, 0.15) is 83.5 Å². The first-order valence-electron chi connectivity index (χ1n) is 10.8. The van der Waals surface area contributed by atoms with Crippen molar-refractivity contribution < 1.29 is 0 Å². The van der Waals surface area contributed by atoms with Crippen molar-refractivity contribution in [2.45, 2.75) is 85.1 Å². The lowest BCUT2D eigenvalue weighted by atomic mass is 9.82. The average molecular weight is 384 g/mol. The van der Waals surface area contributed by atoms with Gasteiger partial charge in [-0.25, -0.2) is 0 Å². The lowest BCUT2D eigenvalue weighted by molar-refractivity contribution is 0.284. The number of hydrogen-bond donors (Lipinski definition) is 2. The van der Waals surface area contributed by atoms with Crippen molar-refractivity contribution in [1.82, 2.24) is 15.0 Å². The highest BCUT2D eigenvalue weighted by Gasteiger charge is 2.16. The summed E-state index contributed by atoms with van der Waals surface area (Å²) < 4.78 is 0. The van der Waals surface area contributed by atoms with Gasteiger partial charge in [0.05, 0.1) is 0 Å². The fraction of sp³-hybridized carbons (Fsp3) is 0.609. The van der Waals surface area contributed by atoms with Crippen molar-refractivity contribution in [3.05, 3.63) is 41.7 Å². The molecule has 0 aliphatic heterocycles. The summed E-state index contributed by atoms with van der Waals surface area (Å²) in [7, 11) is 0. The van der Waals surface area contributed by atoms with E-state index < -0.39 is 0 Å². The van der Waals surface area contributed by atoms with Crippen LogP contribution in [0.3, 0.4) is 0 Å². The molecule has 0 radical (unpaired) electrons. The second-order valence-electron chi connectivity index (χ2n) is 8.45. The molecular formula is C23H37N5. The highest BCUT2D eigenvalue weighted by atomic mass is 15.2. The Hall–Kier alpha value is -2.17. The summed E-state index contributed by atoms with van der Waals surface area (Å²) in [6.45, 7) is 7.75. The molecule has 2 rings (SSSR count). The molecule has 0 fully saturated rings. The van der Waals surface area contributed by atoms with Crippen molar-refractivity contribution in [1.29, 1.82) is 0 Å². The summed E-state index contributed by atoms with van der Waals surface area (Å²) in [5.74, 6) is 1.63. The predicted molar refractivity (Wildman–Crippen MR) is 118 cm³/mol. The lowest BCUT2D eigenvalue weighted by Crippen LogP contribution is -2.11. The van der Waals surface area contributed by atoms with Gasteiger partial charge in [0.2, 0.25) is 11.9 Å². The number of nitrogens with zero attached hydrogens (tertiary/aromatic N) is 3. The van der Waals surface area contributed by atoms with Crippen molar-refractivity contribution in [2.24, 2.45) is 5.41 Å². The van der Waals surface area contributed by atoms with Gasteiger partial charge >= 0.3 is 0 Å². The molecule has 3 N–H and O–H groups in total. The standard InChI is InChI=1S/C23H37N5/c1-4-5-11-16-23(2,3)17-12-7-10-15-20-26-21(24)28-22(27-20)25-18-19-13-8-6-9-14-19/h6,8-9,13-14H,4-5,7,10-12,15-18H2,1-3H3,(H3,24,25,26,27,28). The molecule has 28 heavy (non-hydrogen) atoms. The monoisotopic (exact) mass is 383 g/mol. The van der Waals surface area contributed by atoms with Gasteiger partial charge in [-0.05, 0) is 30.2 Å². The highest BCUT2D eigenvalue weighted by molar-refractivity contribution is 5.32. The molecule has 0 saturated carbocycles. The molecule has 0 saturated heterocycles. The topological polar surface area (TPSA) is 76.7 Å². The summed E-state index contributed by atoms with van der Waals surface area (Å²) in [5.41, 5.74) is 7.52. The van der Waals surface area contributed by atoms with Gasteiger partial charge < -0.3 is 11.1 Å². The van der Waals surface area contributed by atoms with E-state index >= 15 is 0 Å². The fourth-order valence-corrected chi connectivity index (χ4v) is 3.45. The Morgan fingerprint density at radius 1 is 0.893 bits per heavy atom. The van der Waals surface area contributed by atoms with Crippen molar-refractivity contribution >= 4 is 11.9 Å². The molecule has 0 aliphatic rings. The number of nitrogens with one attached hydrogen (secondary N) is 1. The summed E-state index contributed by atoms with van der Waals surface area (Å²) in [6.07, 6.45) is 11.0. The minimum absolute atomic E-state index is 0.289. The van der Waals surface area contributed by atoms with E-state index in [-0.39, 0.29) is 5.95 Å². The largest absolute Gasteiger partial charge is 0.368 e. The molecule has 0 atom stereocenters. The van der Waals surface area contributed by atoms with Gasteiger partial charge in [0.1, 0.15) is 5.82 Å². The lowest BCUT2D eigenvalue weighted by Gasteiger charge is -2.24. The first kappa shape index (κ1) is 22.1. The summed E-state index contributed by atoms with van der Waals surface area (Å²) in [4.78, 5) is 13.0. The van der Waals surface area contributed by atoms with Crippen molar-refractivity contribution in [2.75, 3.05) is 11.1 Å². The van der Waals surface area contributed by atoms with E-state index in [0.717, 1.165) is 18.7 Å². The molecule has 5 nitrogen and oxygen atoms in total. The molecule has 0 bridgehead atoms. The smallest absolute Gasteiger partial charge is 0.228 e. The molecule has 1 heterocycles. The van der Waals surface area contributed by atoms with E-state index in [0.29, 0.717) is 17.9 Å². The SMILES string of the molecule is CCCCCC(C)(C)CCCCCc1nc(N)nc(NCc2ccccc2)n1. The van der Waals surface area contributed by atoms with Gasteiger partial charge in [-0.2, -0.15) is 15.0 Å². The van der Waals surface area contributed by atoms with Gasteiger partial charge in [-0.1, -0.05) is 83.2 Å². The predicted octanol–water partition coefficient (Wildman–Crippen LogP) is 5.78. The van der Waals surface area contributed by atoms with Crippen LogP contribution in [-0.4, -0.2) is 15.0 Å². The van der Waals surface area contributed by atoms with Gasteiger partial charge in [0, 0.05) is 13.0 Å². The number of nitrogen functional groups attached to an aromatic ring is 1. The zero-order chi connectivity index (χ0) is 20.2. The molecule has 0 unspecified atom stereocenters. The Labute approximate surface area is 170 Å². The van der Waals surface area contributed by atoms with E-state index in [2.05, 4.69) is 53.2 Å². The third-order valence-corrected chi connectivity index (χ3v) is 5.20. The number of nitrogens with two attached hydrogens (primary N) is 1. The van der Waals surface area contributed by atoms with E-state index in [9.17, 15) is 0 Å². The third-order valence-electron chi connectivity index (χ3n) is 5.20. The second-order valence-corrected chi connectivity index (χ2v) is 8.45. The molecule has 0 spiro atoms. The number of hydrogen-bond acceptors (Lipinski definition) is 5. The second kappa shape index (κ2) is 11.6. The Kier molecular flexibility index (Phi) is 9.18. The van der Waals surface area contributed by atoms with E-state index in [1.54, 1.807) is 0 Å². The minimum atomic E-state index is 0.289. The maximum absolute atomic E-state index is 5.87. The van der Waals surface area contributed by atoms with Gasteiger partial charge in [0.15, 0.2) is 0 Å². The summed E-state index contributed by atoms with van der Waals surface area (Å²) in [6, 6.07) is 10.2. The number of aryl methyl sites for hydroxylation is 1. The van der Waals surface area contributed by atoms with Crippen LogP contribution in [0, 0.1) is 5.41 Å². The molecule has 1 aromatic carbocycles. The Bertz CT molecular complexity index is 685. The Morgan fingerprint density at radius 2 is 1.61 bits per heavy atom. The van der Waals surface area contributed by atoms with Crippen LogP contribution < -0.4 is 11.1 Å². The maximum Gasteiger partial charge on any atom is 0.228 e. The van der Waals surface area contributed by atoms with E-state index in [4.69, 9.17) is 5.73 Å². The number of benzene rings is 1. The summed E-state index contributed by atoms with van der Waals surface area (Å²) in [5, 5.41) is 3.25. The number of rotatable bonds is 13. The van der Waals surface area contributed by atoms with Crippen LogP contribution in [-0.2, 0) is 13.0 Å². The molecule has 154 valence electrons. The molecule has 1 aromatic heterocycles. The average Bonchev–Trinajstić information content (AvgIpc) is 2.66. The van der Waals surface area contributed by atoms with Crippen molar-refractivity contribution in [3.8, 4) is 0 Å².